The van der Waals surface area contributed by atoms with Crippen LogP contribution in [0.5, 0.6) is 0 Å². The molecule has 8 heteroatoms. The van der Waals surface area contributed by atoms with Crippen molar-refractivity contribution in [2.45, 2.75) is 18.6 Å². The van der Waals surface area contributed by atoms with Crippen molar-refractivity contribution in [1.82, 2.24) is 0 Å². The first-order valence-electron chi connectivity index (χ1n) is 5.25. The van der Waals surface area contributed by atoms with Gasteiger partial charge in [0, 0.05) is 22.7 Å². The average Bonchev–Trinajstić information content (AvgIpc) is 2.28. The summed E-state index contributed by atoms with van der Waals surface area (Å²) in [4.78, 5) is 0. The molecule has 0 aliphatic rings. The van der Waals surface area contributed by atoms with Gasteiger partial charge in [0.25, 0.3) is 0 Å². The van der Waals surface area contributed by atoms with Crippen LogP contribution in [0.4, 0.5) is 17.6 Å². The monoisotopic (exact) mass is 363 g/mol. The van der Waals surface area contributed by atoms with E-state index in [0.717, 1.165) is 6.07 Å². The lowest BCUT2D eigenvalue weighted by Crippen LogP contribution is -2.20. The zero-order valence-electron chi connectivity index (χ0n) is 9.61. The van der Waals surface area contributed by atoms with Gasteiger partial charge < -0.3 is 10.5 Å². The largest absolute Gasteiger partial charge is 0.411 e. The first-order chi connectivity index (χ1) is 8.70. The van der Waals surface area contributed by atoms with Crippen molar-refractivity contribution in [3.8, 4) is 0 Å². The number of benzene rings is 1. The lowest BCUT2D eigenvalue weighted by molar-refractivity contribution is -0.174. The van der Waals surface area contributed by atoms with Gasteiger partial charge in [-0.05, 0) is 34.5 Å². The van der Waals surface area contributed by atoms with Crippen LogP contribution in [0.2, 0.25) is 5.02 Å². The smallest absolute Gasteiger partial charge is 0.372 e. The van der Waals surface area contributed by atoms with E-state index < -0.39 is 24.6 Å². The molecule has 0 aromatic heterocycles. The zero-order chi connectivity index (χ0) is 14.6. The molecule has 1 aromatic rings. The molecule has 0 aliphatic carbocycles. The highest BCUT2D eigenvalue weighted by Crippen LogP contribution is 2.29. The number of hydrogen-bond donors (Lipinski definition) is 1. The summed E-state index contributed by atoms with van der Waals surface area (Å²) in [6.45, 7) is -1.56. The van der Waals surface area contributed by atoms with Gasteiger partial charge in [-0.2, -0.15) is 13.2 Å². The SMILES string of the molecule is NC(CCOCC(F)(F)F)c1cc(Cl)c(Br)cc1F. The van der Waals surface area contributed by atoms with Crippen LogP contribution in [0, 0.1) is 5.82 Å². The molecule has 19 heavy (non-hydrogen) atoms. The molecule has 2 nitrogen and oxygen atoms in total. The van der Waals surface area contributed by atoms with Crippen LogP contribution in [0.3, 0.4) is 0 Å². The Bertz CT molecular complexity index is 441. The molecule has 2 N–H and O–H groups in total. The highest BCUT2D eigenvalue weighted by molar-refractivity contribution is 9.10. The van der Waals surface area contributed by atoms with Gasteiger partial charge in [-0.3, -0.25) is 0 Å². The minimum absolute atomic E-state index is 0.0605. The molecule has 0 spiro atoms. The maximum atomic E-state index is 13.6. The summed E-state index contributed by atoms with van der Waals surface area (Å²) in [5.41, 5.74) is 5.83. The molecule has 0 fully saturated rings. The Balaban J connectivity index is 2.54. The normalized spacial score (nSPS) is 13.6. The Labute approximate surface area is 121 Å². The number of ether oxygens (including phenoxy) is 1. The lowest BCUT2D eigenvalue weighted by atomic mass is 10.0. The predicted molar refractivity (Wildman–Crippen MR) is 67.5 cm³/mol. The van der Waals surface area contributed by atoms with E-state index in [1.54, 1.807) is 0 Å². The fraction of sp³-hybridized carbons (Fsp3) is 0.455. The molecule has 0 saturated heterocycles. The second-order valence-electron chi connectivity index (χ2n) is 3.85. The summed E-state index contributed by atoms with van der Waals surface area (Å²) >= 11 is 8.85. The van der Waals surface area contributed by atoms with E-state index in [1.807, 2.05) is 0 Å². The van der Waals surface area contributed by atoms with Crippen LogP contribution in [-0.4, -0.2) is 19.4 Å². The number of alkyl halides is 3. The van der Waals surface area contributed by atoms with Crippen LogP contribution in [0.1, 0.15) is 18.0 Å². The Hall–Kier alpha value is -0.370. The van der Waals surface area contributed by atoms with Crippen LogP contribution in [0.15, 0.2) is 16.6 Å². The first-order valence-corrected chi connectivity index (χ1v) is 6.42. The maximum absolute atomic E-state index is 13.6. The van der Waals surface area contributed by atoms with Gasteiger partial charge in [0.05, 0.1) is 5.02 Å². The molecule has 1 aromatic carbocycles. The van der Waals surface area contributed by atoms with E-state index >= 15 is 0 Å². The summed E-state index contributed by atoms with van der Waals surface area (Å²) in [6.07, 6.45) is -4.32. The summed E-state index contributed by atoms with van der Waals surface area (Å²) in [7, 11) is 0. The topological polar surface area (TPSA) is 35.2 Å². The second kappa shape index (κ2) is 6.88. The number of nitrogens with two attached hydrogens (primary N) is 1. The van der Waals surface area contributed by atoms with Gasteiger partial charge in [0.1, 0.15) is 12.4 Å². The molecular weight excluding hydrogens is 353 g/mol. The van der Waals surface area contributed by atoms with Gasteiger partial charge in [0.15, 0.2) is 0 Å². The molecule has 1 atom stereocenters. The third-order valence-electron chi connectivity index (χ3n) is 2.28. The van der Waals surface area contributed by atoms with E-state index in [9.17, 15) is 17.6 Å². The Morgan fingerprint density at radius 3 is 2.58 bits per heavy atom. The molecule has 0 saturated carbocycles. The highest BCUT2D eigenvalue weighted by Gasteiger charge is 2.27. The fourth-order valence-electron chi connectivity index (χ4n) is 1.38. The summed E-state index contributed by atoms with van der Waals surface area (Å²) in [6, 6.07) is 1.72. The lowest BCUT2D eigenvalue weighted by Gasteiger charge is -2.14. The minimum Gasteiger partial charge on any atom is -0.372 e. The van der Waals surface area contributed by atoms with Crippen LogP contribution < -0.4 is 5.73 Å². The van der Waals surface area contributed by atoms with E-state index in [0.29, 0.717) is 4.47 Å². The number of rotatable bonds is 5. The summed E-state index contributed by atoms with van der Waals surface area (Å²) < 4.78 is 53.9. The fourth-order valence-corrected chi connectivity index (χ4v) is 1.86. The molecule has 0 aliphatic heterocycles. The van der Waals surface area contributed by atoms with Crippen molar-refractivity contribution in [1.29, 1.82) is 0 Å². The molecule has 108 valence electrons. The average molecular weight is 365 g/mol. The van der Waals surface area contributed by atoms with Crippen molar-refractivity contribution in [2.24, 2.45) is 5.73 Å². The molecular formula is C11H11BrClF4NO. The molecule has 1 rings (SSSR count). The molecule has 0 radical (unpaired) electrons. The van der Waals surface area contributed by atoms with Crippen LogP contribution in [0.25, 0.3) is 0 Å². The predicted octanol–water partition coefficient (Wildman–Crippen LogP) is 4.21. The van der Waals surface area contributed by atoms with Crippen molar-refractivity contribution in [3.05, 3.63) is 33.0 Å². The molecule has 0 heterocycles. The van der Waals surface area contributed by atoms with Gasteiger partial charge in [-0.25, -0.2) is 4.39 Å². The number of halogens is 6. The summed E-state index contributed by atoms with van der Waals surface area (Å²) in [5.74, 6) is -0.570. The Morgan fingerprint density at radius 2 is 2.00 bits per heavy atom. The van der Waals surface area contributed by atoms with E-state index in [1.165, 1.54) is 6.07 Å². The van der Waals surface area contributed by atoms with Crippen molar-refractivity contribution in [3.63, 3.8) is 0 Å². The summed E-state index contributed by atoms with van der Waals surface area (Å²) in [5, 5.41) is 0.281. The quantitative estimate of drug-likeness (QED) is 0.482. The number of hydrogen-bond acceptors (Lipinski definition) is 2. The van der Waals surface area contributed by atoms with Gasteiger partial charge in [-0.15, -0.1) is 0 Å². The maximum Gasteiger partial charge on any atom is 0.411 e. The van der Waals surface area contributed by atoms with Crippen LogP contribution >= 0.6 is 27.5 Å². The first kappa shape index (κ1) is 16.7. The third kappa shape index (κ3) is 5.64. The van der Waals surface area contributed by atoms with Crippen molar-refractivity contribution >= 4 is 27.5 Å². The van der Waals surface area contributed by atoms with Gasteiger partial charge in [0.2, 0.25) is 0 Å². The zero-order valence-corrected chi connectivity index (χ0v) is 11.9. The van der Waals surface area contributed by atoms with Gasteiger partial charge in [-0.1, -0.05) is 11.6 Å². The van der Waals surface area contributed by atoms with E-state index in [-0.39, 0.29) is 23.6 Å². The Morgan fingerprint density at radius 1 is 1.37 bits per heavy atom. The second-order valence-corrected chi connectivity index (χ2v) is 5.11. The van der Waals surface area contributed by atoms with Crippen LogP contribution in [-0.2, 0) is 4.74 Å². The van der Waals surface area contributed by atoms with E-state index in [4.69, 9.17) is 17.3 Å². The highest BCUT2D eigenvalue weighted by atomic mass is 79.9. The minimum atomic E-state index is -4.38. The standard InChI is InChI=1S/C11H11BrClF4NO/c12-7-4-9(14)6(3-8(7)13)10(18)1-2-19-5-11(15,16)17/h3-4,10H,1-2,5,18H2. The molecule has 1 unspecified atom stereocenters. The third-order valence-corrected chi connectivity index (χ3v) is 3.48. The van der Waals surface area contributed by atoms with Crippen molar-refractivity contribution < 1.29 is 22.3 Å². The Kier molecular flexibility index (Phi) is 6.04. The van der Waals surface area contributed by atoms with Crippen molar-refractivity contribution in [2.75, 3.05) is 13.2 Å². The van der Waals surface area contributed by atoms with E-state index in [2.05, 4.69) is 20.7 Å². The van der Waals surface area contributed by atoms with Gasteiger partial charge >= 0.3 is 6.18 Å². The molecule has 0 bridgehead atoms. The molecule has 0 amide bonds.